The van der Waals surface area contributed by atoms with Gasteiger partial charge in [0.25, 0.3) is 0 Å². The molecule has 0 spiro atoms. The van der Waals surface area contributed by atoms with Crippen LogP contribution in [0.25, 0.3) is 11.3 Å². The van der Waals surface area contributed by atoms with E-state index in [1.807, 2.05) is 66.4 Å². The third-order valence-corrected chi connectivity index (χ3v) is 6.42. The molecule has 1 aliphatic rings. The molecule has 176 valence electrons. The van der Waals surface area contributed by atoms with Crippen LogP contribution in [0, 0.1) is 6.92 Å². The number of aromatic carboxylic acids is 1. The van der Waals surface area contributed by atoms with Crippen LogP contribution in [0.2, 0.25) is 0 Å². The molecule has 8 heteroatoms. The van der Waals surface area contributed by atoms with Crippen LogP contribution in [-0.4, -0.2) is 28.3 Å². The van der Waals surface area contributed by atoms with E-state index < -0.39 is 5.97 Å². The van der Waals surface area contributed by atoms with Gasteiger partial charge in [0.05, 0.1) is 24.4 Å². The van der Waals surface area contributed by atoms with Gasteiger partial charge in [-0.1, -0.05) is 12.1 Å². The van der Waals surface area contributed by atoms with E-state index in [1.165, 1.54) is 0 Å². The first kappa shape index (κ1) is 22.6. The first-order chi connectivity index (χ1) is 17.0. The monoisotopic (exact) mass is 485 g/mol. The van der Waals surface area contributed by atoms with E-state index in [4.69, 9.17) is 21.4 Å². The number of carboxylic acids is 1. The fraction of sp³-hybridized carbons (Fsp3) is 0.148. The molecular formula is C27H23N3O4S. The molecule has 4 aromatic rings. The third kappa shape index (κ3) is 4.24. The van der Waals surface area contributed by atoms with Gasteiger partial charge in [0, 0.05) is 17.4 Å². The standard InChI is InChI=1S/C27H23N3O4S/c1-16-15-17(26(31)32)6-11-20(16)22-12-13-23(34-22)25-24(21-5-3-4-14-28-21)29-27(35)30(25)18-7-9-19(33-2)10-8-18/h3-15,24-25H,1-2H3,(H,29,35)(H,31,32)/t24-,25-/m1/s1. The lowest BCUT2D eigenvalue weighted by Gasteiger charge is -2.26. The van der Waals surface area contributed by atoms with E-state index in [-0.39, 0.29) is 17.6 Å². The van der Waals surface area contributed by atoms with Crippen molar-refractivity contribution >= 4 is 29.0 Å². The summed E-state index contributed by atoms with van der Waals surface area (Å²) in [6.45, 7) is 1.87. The molecule has 0 saturated carbocycles. The third-order valence-electron chi connectivity index (χ3n) is 6.11. The van der Waals surface area contributed by atoms with Gasteiger partial charge in [0.15, 0.2) is 5.11 Å². The summed E-state index contributed by atoms with van der Waals surface area (Å²) in [5.41, 5.74) is 3.63. The van der Waals surface area contributed by atoms with Gasteiger partial charge in [-0.25, -0.2) is 4.79 Å². The van der Waals surface area contributed by atoms with Gasteiger partial charge < -0.3 is 24.5 Å². The predicted molar refractivity (Wildman–Crippen MR) is 137 cm³/mol. The molecule has 1 aliphatic heterocycles. The molecule has 2 aromatic heterocycles. The van der Waals surface area contributed by atoms with E-state index in [2.05, 4.69) is 10.3 Å². The quantitative estimate of drug-likeness (QED) is 0.345. The largest absolute Gasteiger partial charge is 0.497 e. The number of hydrogen-bond donors (Lipinski definition) is 2. The number of nitrogens with zero attached hydrogens (tertiary/aromatic N) is 2. The molecule has 7 nitrogen and oxygen atoms in total. The molecule has 1 fully saturated rings. The maximum absolute atomic E-state index is 11.3. The number of thiocarbonyl (C=S) groups is 1. The zero-order valence-electron chi connectivity index (χ0n) is 19.1. The molecule has 2 atom stereocenters. The number of methoxy groups -OCH3 is 1. The molecule has 0 amide bonds. The van der Waals surface area contributed by atoms with Crippen molar-refractivity contribution in [1.29, 1.82) is 0 Å². The lowest BCUT2D eigenvalue weighted by atomic mass is 10.0. The molecule has 3 heterocycles. The maximum atomic E-state index is 11.3. The van der Waals surface area contributed by atoms with Crippen LogP contribution in [0.4, 0.5) is 5.69 Å². The Morgan fingerprint density at radius 1 is 1.11 bits per heavy atom. The molecule has 0 aliphatic carbocycles. The predicted octanol–water partition coefficient (Wildman–Crippen LogP) is 5.53. The van der Waals surface area contributed by atoms with Gasteiger partial charge in [-0.15, -0.1) is 0 Å². The van der Waals surface area contributed by atoms with Crippen LogP contribution in [0.5, 0.6) is 5.75 Å². The number of aromatic nitrogens is 1. The van der Waals surface area contributed by atoms with Crippen molar-refractivity contribution in [2.75, 3.05) is 12.0 Å². The highest BCUT2D eigenvalue weighted by Gasteiger charge is 2.42. The van der Waals surface area contributed by atoms with Crippen molar-refractivity contribution in [3.8, 4) is 17.1 Å². The summed E-state index contributed by atoms with van der Waals surface area (Å²) in [4.78, 5) is 17.9. The summed E-state index contributed by atoms with van der Waals surface area (Å²) in [6, 6.07) is 21.8. The first-order valence-corrected chi connectivity index (χ1v) is 11.5. The molecule has 0 bridgehead atoms. The second-order valence-corrected chi connectivity index (χ2v) is 8.62. The summed E-state index contributed by atoms with van der Waals surface area (Å²) in [7, 11) is 1.63. The van der Waals surface area contributed by atoms with Crippen molar-refractivity contribution in [2.24, 2.45) is 0 Å². The maximum Gasteiger partial charge on any atom is 0.335 e. The second-order valence-electron chi connectivity index (χ2n) is 8.23. The van der Waals surface area contributed by atoms with E-state index >= 15 is 0 Å². The minimum atomic E-state index is -0.960. The van der Waals surface area contributed by atoms with Crippen molar-refractivity contribution < 1.29 is 19.1 Å². The highest BCUT2D eigenvalue weighted by Crippen LogP contribution is 2.43. The van der Waals surface area contributed by atoms with Gasteiger partial charge in [-0.05, 0) is 85.4 Å². The van der Waals surface area contributed by atoms with Gasteiger partial charge in [0.2, 0.25) is 0 Å². The normalized spacial score (nSPS) is 17.3. The number of carbonyl (C=O) groups is 1. The molecular weight excluding hydrogens is 462 g/mol. The molecule has 1 saturated heterocycles. The lowest BCUT2D eigenvalue weighted by Crippen LogP contribution is -2.29. The van der Waals surface area contributed by atoms with Crippen LogP contribution >= 0.6 is 12.2 Å². The van der Waals surface area contributed by atoms with Crippen LogP contribution < -0.4 is 15.0 Å². The van der Waals surface area contributed by atoms with Crippen LogP contribution in [-0.2, 0) is 0 Å². The number of rotatable bonds is 6. The molecule has 35 heavy (non-hydrogen) atoms. The molecule has 0 radical (unpaired) electrons. The van der Waals surface area contributed by atoms with E-state index in [0.717, 1.165) is 28.3 Å². The average Bonchev–Trinajstić information content (AvgIpc) is 3.49. The Bertz CT molecular complexity index is 1390. The molecule has 2 N–H and O–H groups in total. The molecule has 0 unspecified atom stereocenters. The van der Waals surface area contributed by atoms with Crippen molar-refractivity contribution in [3.05, 3.63) is 102 Å². The number of pyridine rings is 1. The Balaban J connectivity index is 1.57. The Labute approximate surface area is 208 Å². The second kappa shape index (κ2) is 9.23. The number of carboxylic acid groups (broad SMARTS) is 1. The highest BCUT2D eigenvalue weighted by molar-refractivity contribution is 7.80. The van der Waals surface area contributed by atoms with Crippen molar-refractivity contribution in [2.45, 2.75) is 19.0 Å². The van der Waals surface area contributed by atoms with E-state index in [1.54, 1.807) is 31.5 Å². The minimum Gasteiger partial charge on any atom is -0.497 e. The Kier molecular flexibility index (Phi) is 5.96. The number of hydrogen-bond acceptors (Lipinski definition) is 5. The SMILES string of the molecule is COc1ccc(N2C(=S)N[C@H](c3ccccn3)[C@H]2c2ccc(-c3ccc(C(=O)O)cc3C)o2)cc1. The molecule has 2 aromatic carbocycles. The fourth-order valence-corrected chi connectivity index (χ4v) is 4.74. The van der Waals surface area contributed by atoms with Crippen LogP contribution in [0.1, 0.15) is 39.5 Å². The first-order valence-electron chi connectivity index (χ1n) is 11.0. The Morgan fingerprint density at radius 2 is 1.91 bits per heavy atom. The van der Waals surface area contributed by atoms with Crippen molar-refractivity contribution in [1.82, 2.24) is 10.3 Å². The summed E-state index contributed by atoms with van der Waals surface area (Å²) in [5.74, 6) is 1.16. The number of ether oxygens (including phenoxy) is 1. The summed E-state index contributed by atoms with van der Waals surface area (Å²) >= 11 is 5.76. The summed E-state index contributed by atoms with van der Waals surface area (Å²) in [6.07, 6.45) is 1.76. The fourth-order valence-electron chi connectivity index (χ4n) is 4.39. The summed E-state index contributed by atoms with van der Waals surface area (Å²) in [5, 5.41) is 13.3. The van der Waals surface area contributed by atoms with E-state index in [0.29, 0.717) is 16.6 Å². The smallest absolute Gasteiger partial charge is 0.335 e. The number of anilines is 1. The number of aryl methyl sites for hydroxylation is 1. The highest BCUT2D eigenvalue weighted by atomic mass is 32.1. The van der Waals surface area contributed by atoms with Gasteiger partial charge in [-0.3, -0.25) is 4.98 Å². The zero-order valence-corrected chi connectivity index (χ0v) is 20.0. The van der Waals surface area contributed by atoms with Gasteiger partial charge in [-0.2, -0.15) is 0 Å². The number of nitrogens with one attached hydrogen (secondary N) is 1. The van der Waals surface area contributed by atoms with Crippen LogP contribution in [0.3, 0.4) is 0 Å². The number of furan rings is 1. The Morgan fingerprint density at radius 3 is 2.57 bits per heavy atom. The summed E-state index contributed by atoms with van der Waals surface area (Å²) < 4.78 is 11.7. The van der Waals surface area contributed by atoms with Crippen LogP contribution in [0.15, 0.2) is 83.4 Å². The van der Waals surface area contributed by atoms with E-state index in [9.17, 15) is 9.90 Å². The van der Waals surface area contributed by atoms with Crippen molar-refractivity contribution in [3.63, 3.8) is 0 Å². The Hall–Kier alpha value is -4.17. The number of benzene rings is 2. The lowest BCUT2D eigenvalue weighted by molar-refractivity contribution is 0.0696. The minimum absolute atomic E-state index is 0.236. The topological polar surface area (TPSA) is 87.8 Å². The molecule has 5 rings (SSSR count). The van der Waals surface area contributed by atoms with Gasteiger partial charge in [0.1, 0.15) is 23.3 Å². The average molecular weight is 486 g/mol. The zero-order chi connectivity index (χ0) is 24.5. The van der Waals surface area contributed by atoms with Gasteiger partial charge >= 0.3 is 5.97 Å².